The molecule has 4 rings (SSSR count). The van der Waals surface area contributed by atoms with E-state index in [-0.39, 0.29) is 6.09 Å². The zero-order valence-electron chi connectivity index (χ0n) is 16.4. The zero-order valence-corrected chi connectivity index (χ0v) is 16.4. The van der Waals surface area contributed by atoms with Gasteiger partial charge in [0.05, 0.1) is 6.61 Å². The van der Waals surface area contributed by atoms with Crippen LogP contribution >= 0.6 is 0 Å². The molecule has 6 heteroatoms. The summed E-state index contributed by atoms with van der Waals surface area (Å²) in [6, 6.07) is 0.661. The summed E-state index contributed by atoms with van der Waals surface area (Å²) in [7, 11) is 0. The highest BCUT2D eigenvalue weighted by Gasteiger charge is 2.62. The van der Waals surface area contributed by atoms with Gasteiger partial charge in [-0.2, -0.15) is 0 Å². The maximum atomic E-state index is 12.6. The molecule has 0 N–H and O–H groups in total. The molecule has 2 amide bonds. The Bertz CT molecular complexity index is 559. The van der Waals surface area contributed by atoms with Gasteiger partial charge in [-0.25, -0.2) is 4.79 Å². The number of piperidine rings is 1. The molecule has 4 fully saturated rings. The van der Waals surface area contributed by atoms with Crippen LogP contribution in [0.2, 0.25) is 0 Å². The molecule has 2 saturated heterocycles. The van der Waals surface area contributed by atoms with E-state index in [1.165, 1.54) is 12.8 Å². The van der Waals surface area contributed by atoms with Gasteiger partial charge in [-0.05, 0) is 57.3 Å². The molecule has 1 spiro atoms. The fourth-order valence-electron chi connectivity index (χ4n) is 5.81. The van der Waals surface area contributed by atoms with E-state index in [9.17, 15) is 9.59 Å². The molecule has 0 unspecified atom stereocenters. The van der Waals surface area contributed by atoms with Crippen molar-refractivity contribution in [3.05, 3.63) is 0 Å². The number of likely N-dealkylation sites (tertiary alicyclic amines) is 2. The van der Waals surface area contributed by atoms with Crippen molar-refractivity contribution in [3.8, 4) is 0 Å². The Morgan fingerprint density at radius 1 is 1.12 bits per heavy atom. The van der Waals surface area contributed by atoms with Crippen LogP contribution in [0.4, 0.5) is 4.79 Å². The van der Waals surface area contributed by atoms with Gasteiger partial charge in [-0.1, -0.05) is 0 Å². The van der Waals surface area contributed by atoms with Crippen molar-refractivity contribution in [3.63, 3.8) is 0 Å². The van der Waals surface area contributed by atoms with Crippen LogP contribution in [0.25, 0.3) is 0 Å². The Hall–Kier alpha value is -1.30. The third-order valence-electron chi connectivity index (χ3n) is 7.40. The van der Waals surface area contributed by atoms with Gasteiger partial charge in [0.15, 0.2) is 0 Å². The van der Waals surface area contributed by atoms with E-state index in [2.05, 4.69) is 18.7 Å². The van der Waals surface area contributed by atoms with E-state index >= 15 is 0 Å². The monoisotopic (exact) mass is 363 g/mol. The molecule has 0 bridgehead atoms. The standard InChI is InChI=1S/C20H33N3O3/c1-4-21(5-2)18(24)17-15-11-23(12-16(15)17)14-9-20(10-14)7-8-22(13-20)19(25)26-6-3/h14-17H,4-13H2,1-3H3/t14?,15-,16+,17+,20?. The van der Waals surface area contributed by atoms with Crippen LogP contribution < -0.4 is 0 Å². The topological polar surface area (TPSA) is 53.1 Å². The van der Waals surface area contributed by atoms with Gasteiger partial charge in [0.1, 0.15) is 0 Å². The molecule has 0 radical (unpaired) electrons. The predicted octanol–water partition coefficient (Wildman–Crippen LogP) is 2.04. The van der Waals surface area contributed by atoms with E-state index in [4.69, 9.17) is 4.74 Å². The number of carbonyl (C=O) groups excluding carboxylic acids is 2. The Morgan fingerprint density at radius 3 is 2.35 bits per heavy atom. The predicted molar refractivity (Wildman–Crippen MR) is 98.6 cm³/mol. The SMILES string of the molecule is CCOC(=O)N1CCC2(CC(N3C[C@@H]4[C@H](C3)[C@H]4C(=O)N(CC)CC)C2)C1. The van der Waals surface area contributed by atoms with Gasteiger partial charge in [-0.15, -0.1) is 0 Å². The highest BCUT2D eigenvalue weighted by atomic mass is 16.6. The molecule has 0 aromatic carbocycles. The van der Waals surface area contributed by atoms with Gasteiger partial charge >= 0.3 is 6.09 Å². The van der Waals surface area contributed by atoms with Crippen LogP contribution in [0.3, 0.4) is 0 Å². The van der Waals surface area contributed by atoms with Gasteiger partial charge in [0, 0.05) is 51.2 Å². The number of hydrogen-bond donors (Lipinski definition) is 0. The molecule has 2 aliphatic carbocycles. The summed E-state index contributed by atoms with van der Waals surface area (Å²) in [5.74, 6) is 1.88. The number of ether oxygens (including phenoxy) is 1. The second-order valence-corrected chi connectivity index (χ2v) is 8.75. The Morgan fingerprint density at radius 2 is 1.77 bits per heavy atom. The van der Waals surface area contributed by atoms with Crippen LogP contribution in [-0.2, 0) is 9.53 Å². The molecule has 0 aromatic rings. The van der Waals surface area contributed by atoms with Crippen molar-refractivity contribution in [2.75, 3.05) is 45.9 Å². The molecular formula is C20H33N3O3. The van der Waals surface area contributed by atoms with Gasteiger partial charge in [0.25, 0.3) is 0 Å². The quantitative estimate of drug-likeness (QED) is 0.750. The summed E-state index contributed by atoms with van der Waals surface area (Å²) >= 11 is 0. The van der Waals surface area contributed by atoms with E-state index in [0.29, 0.717) is 41.7 Å². The first kappa shape index (κ1) is 18.1. The van der Waals surface area contributed by atoms with Crippen molar-refractivity contribution in [1.29, 1.82) is 0 Å². The fourth-order valence-corrected chi connectivity index (χ4v) is 5.81. The average molecular weight is 364 g/mol. The van der Waals surface area contributed by atoms with E-state index < -0.39 is 0 Å². The first-order chi connectivity index (χ1) is 12.5. The minimum atomic E-state index is -0.145. The number of carbonyl (C=O) groups is 2. The zero-order chi connectivity index (χ0) is 18.5. The van der Waals surface area contributed by atoms with Crippen LogP contribution in [0.5, 0.6) is 0 Å². The maximum absolute atomic E-state index is 12.6. The number of hydrogen-bond acceptors (Lipinski definition) is 4. The van der Waals surface area contributed by atoms with E-state index in [1.807, 2.05) is 16.7 Å². The summed E-state index contributed by atoms with van der Waals surface area (Å²) in [5, 5.41) is 0. The van der Waals surface area contributed by atoms with Crippen molar-refractivity contribution >= 4 is 12.0 Å². The molecule has 4 aliphatic rings. The van der Waals surface area contributed by atoms with Gasteiger partial charge in [-0.3, -0.25) is 9.69 Å². The molecule has 3 atom stereocenters. The van der Waals surface area contributed by atoms with Crippen LogP contribution in [0, 0.1) is 23.2 Å². The summed E-state index contributed by atoms with van der Waals surface area (Å²) in [6.45, 7) is 12.0. The smallest absolute Gasteiger partial charge is 0.409 e. The number of nitrogens with zero attached hydrogens (tertiary/aromatic N) is 3. The molecule has 26 heavy (non-hydrogen) atoms. The summed E-state index contributed by atoms with van der Waals surface area (Å²) in [5.41, 5.74) is 0.334. The lowest BCUT2D eigenvalue weighted by atomic mass is 9.64. The Labute approximate surface area is 156 Å². The van der Waals surface area contributed by atoms with Gasteiger partial charge < -0.3 is 14.5 Å². The minimum Gasteiger partial charge on any atom is -0.450 e. The Kier molecular flexibility index (Phi) is 4.66. The maximum Gasteiger partial charge on any atom is 0.409 e. The molecule has 2 heterocycles. The normalized spacial score (nSPS) is 38.2. The lowest BCUT2D eigenvalue weighted by molar-refractivity contribution is -0.133. The van der Waals surface area contributed by atoms with Crippen molar-refractivity contribution in [1.82, 2.24) is 14.7 Å². The molecule has 6 nitrogen and oxygen atoms in total. The van der Waals surface area contributed by atoms with Crippen LogP contribution in [-0.4, -0.2) is 78.6 Å². The lowest BCUT2D eigenvalue weighted by Gasteiger charge is -2.49. The second-order valence-electron chi connectivity index (χ2n) is 8.75. The van der Waals surface area contributed by atoms with Crippen molar-refractivity contribution < 1.29 is 14.3 Å². The number of amides is 2. The first-order valence-corrected chi connectivity index (χ1v) is 10.5. The van der Waals surface area contributed by atoms with E-state index in [1.54, 1.807) is 0 Å². The lowest BCUT2D eigenvalue weighted by Crippen LogP contribution is -2.52. The van der Waals surface area contributed by atoms with Crippen molar-refractivity contribution in [2.24, 2.45) is 23.2 Å². The summed E-state index contributed by atoms with van der Waals surface area (Å²) in [6.07, 6.45) is 3.38. The van der Waals surface area contributed by atoms with Crippen molar-refractivity contribution in [2.45, 2.75) is 46.1 Å². The largest absolute Gasteiger partial charge is 0.450 e. The highest BCUT2D eigenvalue weighted by molar-refractivity contribution is 5.82. The van der Waals surface area contributed by atoms with E-state index in [0.717, 1.165) is 45.7 Å². The summed E-state index contributed by atoms with van der Waals surface area (Å²) < 4.78 is 5.15. The fraction of sp³-hybridized carbons (Fsp3) is 0.900. The van der Waals surface area contributed by atoms with Gasteiger partial charge in [0.2, 0.25) is 5.91 Å². The molecule has 0 aromatic heterocycles. The molecule has 146 valence electrons. The van der Waals surface area contributed by atoms with Crippen LogP contribution in [0.1, 0.15) is 40.0 Å². The summed E-state index contributed by atoms with van der Waals surface area (Å²) in [4.78, 5) is 31.0. The highest BCUT2D eigenvalue weighted by Crippen LogP contribution is 2.57. The second kappa shape index (κ2) is 6.70. The third kappa shape index (κ3) is 2.90. The molecular weight excluding hydrogens is 330 g/mol. The number of fused-ring (bicyclic) bond motifs is 1. The first-order valence-electron chi connectivity index (χ1n) is 10.5. The Balaban J connectivity index is 1.23. The van der Waals surface area contributed by atoms with Crippen LogP contribution in [0.15, 0.2) is 0 Å². The minimum absolute atomic E-state index is 0.145. The molecule has 2 saturated carbocycles. The number of rotatable bonds is 5. The third-order valence-corrected chi connectivity index (χ3v) is 7.40. The average Bonchev–Trinajstić information content (AvgIpc) is 2.97. The molecule has 2 aliphatic heterocycles.